The molecule has 0 spiro atoms. The summed E-state index contributed by atoms with van der Waals surface area (Å²) in [5.41, 5.74) is 8.56. The van der Waals surface area contributed by atoms with Crippen molar-refractivity contribution in [3.63, 3.8) is 0 Å². The van der Waals surface area contributed by atoms with E-state index in [0.29, 0.717) is 34.3 Å². The fourth-order valence-corrected chi connectivity index (χ4v) is 3.17. The van der Waals surface area contributed by atoms with Crippen molar-refractivity contribution in [1.29, 1.82) is 5.26 Å². The summed E-state index contributed by atoms with van der Waals surface area (Å²) in [7, 11) is 0. The van der Waals surface area contributed by atoms with Crippen LogP contribution >= 0.6 is 11.6 Å². The number of aromatic nitrogens is 2. The summed E-state index contributed by atoms with van der Waals surface area (Å²) < 4.78 is 6.97. The molecule has 9 heteroatoms. The Labute approximate surface area is 196 Å². The Morgan fingerprint density at radius 1 is 1.12 bits per heavy atom. The Kier molecular flexibility index (Phi) is 7.84. The number of hydrogen-bond donors (Lipinski definition) is 2. The number of amides is 2. The number of rotatable bonds is 7. The number of carbonyl (C=O) groups excluding carboxylic acids is 2. The molecular weight excluding hydrogens is 442 g/mol. The van der Waals surface area contributed by atoms with Crippen molar-refractivity contribution in [1.82, 2.24) is 20.6 Å². The van der Waals surface area contributed by atoms with Gasteiger partial charge in [-0.15, -0.1) is 0 Å². The second kappa shape index (κ2) is 11.0. The van der Waals surface area contributed by atoms with Gasteiger partial charge >= 0.3 is 0 Å². The number of ether oxygens (including phenoxy) is 1. The third-order valence-corrected chi connectivity index (χ3v) is 5.04. The van der Waals surface area contributed by atoms with Crippen LogP contribution in [0.5, 0.6) is 5.75 Å². The number of aryl methyl sites for hydroxylation is 2. The number of benzene rings is 2. The van der Waals surface area contributed by atoms with Crippen LogP contribution in [0.3, 0.4) is 0 Å². The molecule has 2 aromatic carbocycles. The molecule has 3 rings (SSSR count). The minimum Gasteiger partial charge on any atom is -0.484 e. The average Bonchev–Trinajstić information content (AvgIpc) is 3.08. The van der Waals surface area contributed by atoms with Gasteiger partial charge in [0.05, 0.1) is 23.9 Å². The molecular formula is C24H22ClN5O3. The molecule has 1 heterocycles. The van der Waals surface area contributed by atoms with Gasteiger partial charge in [0.1, 0.15) is 10.9 Å². The molecule has 1 aromatic heterocycles. The second-order valence-electron chi connectivity index (χ2n) is 7.23. The SMILES string of the molecule is Cc1ccc(Cn2nc(C)c(C=CC(=O)NNC(=O)COc3ccc(C#N)cc3)c2Cl)cc1. The van der Waals surface area contributed by atoms with Crippen LogP contribution in [-0.2, 0) is 16.1 Å². The molecule has 2 N–H and O–H groups in total. The quantitative estimate of drug-likeness (QED) is 0.412. The predicted molar refractivity (Wildman–Crippen MR) is 124 cm³/mol. The summed E-state index contributed by atoms with van der Waals surface area (Å²) >= 11 is 6.45. The first-order chi connectivity index (χ1) is 15.9. The van der Waals surface area contributed by atoms with E-state index in [0.717, 1.165) is 5.56 Å². The Morgan fingerprint density at radius 2 is 1.82 bits per heavy atom. The van der Waals surface area contributed by atoms with Crippen molar-refractivity contribution >= 4 is 29.5 Å². The highest BCUT2D eigenvalue weighted by Gasteiger charge is 2.12. The molecule has 0 aliphatic rings. The molecule has 0 atom stereocenters. The molecule has 33 heavy (non-hydrogen) atoms. The summed E-state index contributed by atoms with van der Waals surface area (Å²) in [6, 6.07) is 16.4. The van der Waals surface area contributed by atoms with Crippen molar-refractivity contribution in [2.24, 2.45) is 0 Å². The number of halogens is 1. The van der Waals surface area contributed by atoms with E-state index in [9.17, 15) is 9.59 Å². The lowest BCUT2D eigenvalue weighted by Gasteiger charge is -2.07. The normalized spacial score (nSPS) is 10.6. The molecule has 0 saturated carbocycles. The first-order valence-corrected chi connectivity index (χ1v) is 10.4. The van der Waals surface area contributed by atoms with Crippen LogP contribution in [0.2, 0.25) is 5.15 Å². The molecule has 0 aliphatic heterocycles. The fourth-order valence-electron chi connectivity index (χ4n) is 2.87. The first kappa shape index (κ1) is 23.6. The van der Waals surface area contributed by atoms with E-state index in [1.165, 1.54) is 11.6 Å². The van der Waals surface area contributed by atoms with E-state index in [2.05, 4.69) is 16.0 Å². The van der Waals surface area contributed by atoms with Gasteiger partial charge in [-0.1, -0.05) is 41.4 Å². The van der Waals surface area contributed by atoms with E-state index in [-0.39, 0.29) is 6.61 Å². The Balaban J connectivity index is 1.50. The zero-order valence-corrected chi connectivity index (χ0v) is 18.9. The number of carbonyl (C=O) groups is 2. The molecule has 0 aliphatic carbocycles. The van der Waals surface area contributed by atoms with Crippen molar-refractivity contribution in [2.75, 3.05) is 6.61 Å². The molecule has 2 amide bonds. The molecule has 168 valence electrons. The van der Waals surface area contributed by atoms with E-state index < -0.39 is 11.8 Å². The fraction of sp³-hybridized carbons (Fsp3) is 0.167. The highest BCUT2D eigenvalue weighted by Crippen LogP contribution is 2.22. The minimum absolute atomic E-state index is 0.299. The smallest absolute Gasteiger partial charge is 0.276 e. The Hall–Kier alpha value is -4.09. The molecule has 0 bridgehead atoms. The van der Waals surface area contributed by atoms with Crippen LogP contribution in [0.15, 0.2) is 54.6 Å². The number of hydrogen-bond acceptors (Lipinski definition) is 5. The number of hydrazine groups is 1. The van der Waals surface area contributed by atoms with Crippen LogP contribution in [0.1, 0.15) is 27.9 Å². The summed E-state index contributed by atoms with van der Waals surface area (Å²) in [5, 5.41) is 13.6. The van der Waals surface area contributed by atoms with Crippen LogP contribution < -0.4 is 15.6 Å². The van der Waals surface area contributed by atoms with E-state index >= 15 is 0 Å². The van der Waals surface area contributed by atoms with Gasteiger partial charge in [-0.3, -0.25) is 20.4 Å². The van der Waals surface area contributed by atoms with E-state index in [1.54, 1.807) is 41.9 Å². The zero-order chi connectivity index (χ0) is 23.8. The van der Waals surface area contributed by atoms with Gasteiger partial charge in [-0.05, 0) is 49.8 Å². The summed E-state index contributed by atoms with van der Waals surface area (Å²) in [6.45, 7) is 4.03. The maximum absolute atomic E-state index is 12.1. The molecule has 0 fully saturated rings. The van der Waals surface area contributed by atoms with E-state index in [1.807, 2.05) is 37.3 Å². The molecule has 0 unspecified atom stereocenters. The largest absolute Gasteiger partial charge is 0.484 e. The van der Waals surface area contributed by atoms with Crippen molar-refractivity contribution in [2.45, 2.75) is 20.4 Å². The second-order valence-corrected chi connectivity index (χ2v) is 7.59. The first-order valence-electron chi connectivity index (χ1n) is 10.0. The van der Waals surface area contributed by atoms with Gasteiger partial charge in [-0.25, -0.2) is 4.68 Å². The van der Waals surface area contributed by atoms with Crippen LogP contribution in [0, 0.1) is 25.2 Å². The van der Waals surface area contributed by atoms with Crippen LogP contribution in [0.4, 0.5) is 0 Å². The average molecular weight is 464 g/mol. The lowest BCUT2D eigenvalue weighted by atomic mass is 10.1. The highest BCUT2D eigenvalue weighted by atomic mass is 35.5. The summed E-state index contributed by atoms with van der Waals surface area (Å²) in [4.78, 5) is 23.9. The summed E-state index contributed by atoms with van der Waals surface area (Å²) in [5.74, 6) is -0.646. The number of nitriles is 1. The zero-order valence-electron chi connectivity index (χ0n) is 18.1. The van der Waals surface area contributed by atoms with Crippen LogP contribution in [0.25, 0.3) is 6.08 Å². The topological polar surface area (TPSA) is 109 Å². The molecule has 0 saturated heterocycles. The third kappa shape index (κ3) is 6.69. The van der Waals surface area contributed by atoms with Crippen molar-refractivity contribution < 1.29 is 14.3 Å². The Bertz CT molecular complexity index is 1210. The number of nitrogens with zero attached hydrogens (tertiary/aromatic N) is 3. The van der Waals surface area contributed by atoms with Gasteiger partial charge < -0.3 is 4.74 Å². The number of nitrogens with one attached hydrogen (secondary N) is 2. The summed E-state index contributed by atoms with van der Waals surface area (Å²) in [6.07, 6.45) is 2.80. The van der Waals surface area contributed by atoms with Gasteiger partial charge in [0.15, 0.2) is 6.61 Å². The molecule has 0 radical (unpaired) electrons. The minimum atomic E-state index is -0.541. The Morgan fingerprint density at radius 3 is 2.48 bits per heavy atom. The van der Waals surface area contributed by atoms with Crippen molar-refractivity contribution in [3.05, 3.63) is 87.7 Å². The molecule has 3 aromatic rings. The lowest BCUT2D eigenvalue weighted by molar-refractivity contribution is -0.128. The van der Waals surface area contributed by atoms with Crippen LogP contribution in [-0.4, -0.2) is 28.2 Å². The maximum Gasteiger partial charge on any atom is 0.276 e. The maximum atomic E-state index is 12.1. The standard InChI is InChI=1S/C24H22ClN5O3/c1-16-3-5-19(6-4-16)14-30-24(25)21(17(2)29-30)11-12-22(31)27-28-23(32)15-33-20-9-7-18(13-26)8-10-20/h3-12H,14-15H2,1-2H3,(H,27,31)(H,28,32). The lowest BCUT2D eigenvalue weighted by Crippen LogP contribution is -2.43. The predicted octanol–water partition coefficient (Wildman–Crippen LogP) is 3.31. The van der Waals surface area contributed by atoms with Crippen molar-refractivity contribution in [3.8, 4) is 11.8 Å². The van der Waals surface area contributed by atoms with Gasteiger partial charge in [0.25, 0.3) is 11.8 Å². The van der Waals surface area contributed by atoms with Gasteiger partial charge in [0.2, 0.25) is 0 Å². The van der Waals surface area contributed by atoms with Gasteiger partial charge in [0, 0.05) is 11.6 Å². The third-order valence-electron chi connectivity index (χ3n) is 4.64. The molecule has 8 nitrogen and oxygen atoms in total. The van der Waals surface area contributed by atoms with Gasteiger partial charge in [-0.2, -0.15) is 10.4 Å². The monoisotopic (exact) mass is 463 g/mol. The van der Waals surface area contributed by atoms with E-state index in [4.69, 9.17) is 21.6 Å². The highest BCUT2D eigenvalue weighted by molar-refractivity contribution is 6.31.